The van der Waals surface area contributed by atoms with Crippen LogP contribution in [0, 0.1) is 28.6 Å². The van der Waals surface area contributed by atoms with Crippen molar-refractivity contribution in [3.05, 3.63) is 47.5 Å². The molecule has 0 bridgehead atoms. The third kappa shape index (κ3) is 2.88. The van der Waals surface area contributed by atoms with Gasteiger partial charge in [-0.25, -0.2) is 4.79 Å². The molecule has 1 aromatic carbocycles. The van der Waals surface area contributed by atoms with Crippen LogP contribution in [-0.2, 0) is 10.4 Å². The molecule has 0 unspecified atom stereocenters. The van der Waals surface area contributed by atoms with E-state index >= 15 is 0 Å². The third-order valence-electron chi connectivity index (χ3n) is 3.93. The summed E-state index contributed by atoms with van der Waals surface area (Å²) >= 11 is 0. The number of hydrogen-bond donors (Lipinski definition) is 2. The smallest absolute Gasteiger partial charge is 0.329 e. The summed E-state index contributed by atoms with van der Waals surface area (Å²) in [5, 5.41) is 29.3. The Morgan fingerprint density at radius 1 is 1.41 bits per heavy atom. The van der Waals surface area contributed by atoms with Gasteiger partial charge < -0.3 is 10.2 Å². The van der Waals surface area contributed by atoms with Gasteiger partial charge in [-0.1, -0.05) is 49.1 Å². The summed E-state index contributed by atoms with van der Waals surface area (Å²) in [6, 6.07) is 11.0. The van der Waals surface area contributed by atoms with Crippen molar-refractivity contribution >= 4 is 5.97 Å². The van der Waals surface area contributed by atoms with Crippen molar-refractivity contribution in [2.45, 2.75) is 31.8 Å². The molecule has 4 nitrogen and oxygen atoms in total. The first kappa shape index (κ1) is 15.8. The monoisotopic (exact) mass is 295 g/mol. The first-order valence-corrected chi connectivity index (χ1v) is 7.13. The largest absolute Gasteiger partial charge is 0.478 e. The Labute approximate surface area is 129 Å². The second-order valence-corrected chi connectivity index (χ2v) is 5.38. The summed E-state index contributed by atoms with van der Waals surface area (Å²) in [4.78, 5) is 10.8. The number of nitrogens with zero attached hydrogens (tertiary/aromatic N) is 1. The maximum atomic E-state index is 11.1. The molecular weight excluding hydrogens is 278 g/mol. The number of aliphatic carboxylic acids is 1. The number of carbonyl (C=O) groups is 1. The predicted molar refractivity (Wildman–Crippen MR) is 81.4 cm³/mol. The second kappa shape index (κ2) is 6.05. The maximum absolute atomic E-state index is 11.1. The molecule has 0 amide bonds. The van der Waals surface area contributed by atoms with Gasteiger partial charge >= 0.3 is 5.97 Å². The average molecular weight is 295 g/mol. The molecule has 1 aliphatic carbocycles. The van der Waals surface area contributed by atoms with Crippen molar-refractivity contribution < 1.29 is 15.0 Å². The van der Waals surface area contributed by atoms with E-state index in [1.165, 1.54) is 0 Å². The van der Waals surface area contributed by atoms with E-state index in [1.54, 1.807) is 31.2 Å². The van der Waals surface area contributed by atoms with Crippen LogP contribution in [0.2, 0.25) is 0 Å². The van der Waals surface area contributed by atoms with E-state index in [4.69, 9.17) is 5.11 Å². The molecule has 0 radical (unpaired) electrons. The lowest BCUT2D eigenvalue weighted by Gasteiger charge is -2.27. The van der Waals surface area contributed by atoms with Crippen molar-refractivity contribution in [3.8, 4) is 17.9 Å². The molecule has 1 fully saturated rings. The fourth-order valence-corrected chi connectivity index (χ4v) is 2.37. The van der Waals surface area contributed by atoms with Crippen LogP contribution < -0.4 is 0 Å². The number of allylic oxidation sites excluding steroid dienone is 1. The summed E-state index contributed by atoms with van der Waals surface area (Å²) in [7, 11) is 0. The summed E-state index contributed by atoms with van der Waals surface area (Å²) in [6.07, 6.45) is 2.63. The van der Waals surface area contributed by atoms with E-state index < -0.39 is 17.0 Å². The summed E-state index contributed by atoms with van der Waals surface area (Å²) in [5.41, 5.74) is -1.53. The van der Waals surface area contributed by atoms with Gasteiger partial charge in [0.15, 0.2) is 5.60 Å². The first-order chi connectivity index (χ1) is 10.5. The highest BCUT2D eigenvalue weighted by molar-refractivity contribution is 5.81. The number of hydrogen-bond acceptors (Lipinski definition) is 3. The van der Waals surface area contributed by atoms with Gasteiger partial charge in [-0.15, -0.1) is 0 Å². The Balaban J connectivity index is 2.49. The minimum absolute atomic E-state index is 0.413. The van der Waals surface area contributed by atoms with Gasteiger partial charge in [0.1, 0.15) is 5.41 Å². The van der Waals surface area contributed by atoms with Crippen LogP contribution in [0.3, 0.4) is 0 Å². The van der Waals surface area contributed by atoms with Crippen LogP contribution in [-0.4, -0.2) is 16.2 Å². The summed E-state index contributed by atoms with van der Waals surface area (Å²) in [5.74, 6) is 4.45. The molecule has 0 spiro atoms. The van der Waals surface area contributed by atoms with E-state index in [0.29, 0.717) is 30.4 Å². The zero-order valence-electron chi connectivity index (χ0n) is 12.3. The topological polar surface area (TPSA) is 81.3 Å². The lowest BCUT2D eigenvalue weighted by atomic mass is 9.79. The summed E-state index contributed by atoms with van der Waals surface area (Å²) in [6.45, 7) is 1.79. The van der Waals surface area contributed by atoms with Gasteiger partial charge in [0.05, 0.1) is 6.07 Å². The van der Waals surface area contributed by atoms with E-state index in [-0.39, 0.29) is 0 Å². The molecule has 22 heavy (non-hydrogen) atoms. The fourth-order valence-electron chi connectivity index (χ4n) is 2.37. The highest BCUT2D eigenvalue weighted by Crippen LogP contribution is 2.57. The zero-order valence-corrected chi connectivity index (χ0v) is 12.3. The minimum atomic E-state index is -1.59. The van der Waals surface area contributed by atoms with E-state index in [2.05, 4.69) is 17.9 Å². The van der Waals surface area contributed by atoms with Gasteiger partial charge in [-0.3, -0.25) is 0 Å². The van der Waals surface area contributed by atoms with Gasteiger partial charge in [0.2, 0.25) is 0 Å². The maximum Gasteiger partial charge on any atom is 0.329 e. The number of rotatable bonds is 4. The third-order valence-corrected chi connectivity index (χ3v) is 3.93. The highest BCUT2D eigenvalue weighted by atomic mass is 16.4. The molecule has 0 saturated heterocycles. The van der Waals surface area contributed by atoms with Crippen LogP contribution in [0.15, 0.2) is 42.0 Å². The van der Waals surface area contributed by atoms with Gasteiger partial charge in [0, 0.05) is 11.6 Å². The fraction of sp³-hybridized carbons (Fsp3) is 0.333. The minimum Gasteiger partial charge on any atom is -0.478 e. The number of benzene rings is 1. The number of carboxylic acid groups (broad SMARTS) is 1. The molecule has 4 heteroatoms. The Morgan fingerprint density at radius 2 is 2.05 bits per heavy atom. The number of carboxylic acids is 1. The Bertz CT molecular complexity index is 699. The van der Waals surface area contributed by atoms with Crippen LogP contribution in [0.4, 0.5) is 0 Å². The van der Waals surface area contributed by atoms with Gasteiger partial charge in [0.25, 0.3) is 0 Å². The lowest BCUT2D eigenvalue weighted by Crippen LogP contribution is -2.34. The Hall–Kier alpha value is -2.56. The van der Waals surface area contributed by atoms with E-state index in [1.807, 2.05) is 6.07 Å². The molecule has 1 saturated carbocycles. The van der Waals surface area contributed by atoms with Gasteiger partial charge in [-0.05, 0) is 24.8 Å². The molecule has 2 rings (SSSR count). The van der Waals surface area contributed by atoms with Crippen LogP contribution >= 0.6 is 0 Å². The second-order valence-electron chi connectivity index (χ2n) is 5.38. The Kier molecular flexibility index (Phi) is 4.35. The van der Waals surface area contributed by atoms with Crippen molar-refractivity contribution in [3.63, 3.8) is 0 Å². The number of nitriles is 1. The molecule has 1 aliphatic rings. The summed E-state index contributed by atoms with van der Waals surface area (Å²) < 4.78 is 0. The first-order valence-electron chi connectivity index (χ1n) is 7.13. The zero-order chi connectivity index (χ0) is 16.2. The molecule has 0 heterocycles. The van der Waals surface area contributed by atoms with Crippen molar-refractivity contribution in [1.29, 1.82) is 5.26 Å². The van der Waals surface area contributed by atoms with Crippen LogP contribution in [0.5, 0.6) is 0 Å². The highest BCUT2D eigenvalue weighted by Gasteiger charge is 2.60. The molecule has 2 N–H and O–H groups in total. The van der Waals surface area contributed by atoms with Crippen molar-refractivity contribution in [2.24, 2.45) is 5.41 Å². The molecule has 112 valence electrons. The predicted octanol–water partition coefficient (Wildman–Crippen LogP) is 2.60. The normalized spacial score (nSPS) is 18.3. The molecular formula is C18H17NO3. The molecule has 1 aromatic rings. The number of aliphatic hydroxyl groups is 1. The quantitative estimate of drug-likeness (QED) is 0.661. The SMILES string of the molecule is CC/C(C#C[C@@](O)(c1ccccc1)C1(C#N)CC1)=C/C(=O)O. The standard InChI is InChI=1S/C18H17NO3/c1-2-14(12-16(20)21)8-9-18(22,17(13-19)10-11-17)15-6-4-3-5-7-15/h3-7,12,22H,2,10-11H2,1H3,(H,20,21)/b14-12-/t18-/m1/s1. The van der Waals surface area contributed by atoms with E-state index in [9.17, 15) is 15.2 Å². The molecule has 1 atom stereocenters. The molecule has 0 aromatic heterocycles. The average Bonchev–Trinajstić information content (AvgIpc) is 3.33. The Morgan fingerprint density at radius 3 is 2.50 bits per heavy atom. The van der Waals surface area contributed by atoms with E-state index in [0.717, 1.165) is 6.08 Å². The van der Waals surface area contributed by atoms with Crippen LogP contribution in [0.25, 0.3) is 0 Å². The molecule has 0 aliphatic heterocycles. The van der Waals surface area contributed by atoms with Crippen molar-refractivity contribution in [2.75, 3.05) is 0 Å². The van der Waals surface area contributed by atoms with Crippen molar-refractivity contribution in [1.82, 2.24) is 0 Å². The van der Waals surface area contributed by atoms with Crippen LogP contribution in [0.1, 0.15) is 31.7 Å². The lowest BCUT2D eigenvalue weighted by molar-refractivity contribution is -0.131. The van der Waals surface area contributed by atoms with Gasteiger partial charge in [-0.2, -0.15) is 5.26 Å².